The van der Waals surface area contributed by atoms with Crippen LogP contribution in [0.15, 0.2) is 42.5 Å². The largest absolute Gasteiger partial charge is 0.494 e. The molecule has 1 amide bonds. The van der Waals surface area contributed by atoms with Crippen molar-refractivity contribution in [2.75, 3.05) is 27.4 Å². The van der Waals surface area contributed by atoms with E-state index in [0.29, 0.717) is 31.2 Å². The van der Waals surface area contributed by atoms with E-state index in [2.05, 4.69) is 23.1 Å². The standard InChI is InChI=1S/C22H29N3O4/c1-4-11-29-17-8-5-15(6-9-17)13-23-22(26)18-14-24-25-21(18)16-7-10-19(27-2)20(12-16)28-3/h5-10,12,18,21,24-25H,4,11,13-14H2,1-3H3,(H,23,26). The summed E-state index contributed by atoms with van der Waals surface area (Å²) in [6.45, 7) is 3.80. The van der Waals surface area contributed by atoms with Gasteiger partial charge in [0, 0.05) is 13.1 Å². The van der Waals surface area contributed by atoms with Crippen LogP contribution in [0, 0.1) is 5.92 Å². The first kappa shape index (κ1) is 21.0. The molecule has 1 aliphatic rings. The van der Waals surface area contributed by atoms with Crippen LogP contribution in [-0.2, 0) is 11.3 Å². The van der Waals surface area contributed by atoms with E-state index in [9.17, 15) is 4.79 Å². The Morgan fingerprint density at radius 3 is 2.55 bits per heavy atom. The maximum absolute atomic E-state index is 12.8. The molecular weight excluding hydrogens is 370 g/mol. The van der Waals surface area contributed by atoms with Crippen molar-refractivity contribution in [3.8, 4) is 17.2 Å². The number of benzene rings is 2. The van der Waals surface area contributed by atoms with E-state index in [0.717, 1.165) is 23.3 Å². The molecule has 1 aliphatic heterocycles. The third-order valence-electron chi connectivity index (χ3n) is 4.95. The highest BCUT2D eigenvalue weighted by atomic mass is 16.5. The average Bonchev–Trinajstić information content (AvgIpc) is 3.26. The fourth-order valence-corrected chi connectivity index (χ4v) is 3.35. The van der Waals surface area contributed by atoms with Gasteiger partial charge in [-0.2, -0.15) is 0 Å². The van der Waals surface area contributed by atoms with Crippen LogP contribution in [0.3, 0.4) is 0 Å². The fraction of sp³-hybridized carbons (Fsp3) is 0.409. The van der Waals surface area contributed by atoms with Crippen molar-refractivity contribution in [3.05, 3.63) is 53.6 Å². The maximum Gasteiger partial charge on any atom is 0.226 e. The Labute approximate surface area is 171 Å². The Balaban J connectivity index is 1.61. The van der Waals surface area contributed by atoms with Crippen molar-refractivity contribution in [3.63, 3.8) is 0 Å². The summed E-state index contributed by atoms with van der Waals surface area (Å²) in [6, 6.07) is 13.4. The molecule has 7 heteroatoms. The summed E-state index contributed by atoms with van der Waals surface area (Å²) in [5.74, 6) is 1.91. The van der Waals surface area contributed by atoms with Crippen molar-refractivity contribution in [1.29, 1.82) is 0 Å². The van der Waals surface area contributed by atoms with Crippen molar-refractivity contribution in [1.82, 2.24) is 16.2 Å². The number of nitrogens with one attached hydrogen (secondary N) is 3. The van der Waals surface area contributed by atoms with E-state index in [4.69, 9.17) is 14.2 Å². The van der Waals surface area contributed by atoms with Gasteiger partial charge in [0.2, 0.25) is 5.91 Å². The van der Waals surface area contributed by atoms with Crippen molar-refractivity contribution >= 4 is 5.91 Å². The van der Waals surface area contributed by atoms with E-state index in [1.54, 1.807) is 14.2 Å². The number of ether oxygens (including phenoxy) is 3. The van der Waals surface area contributed by atoms with Gasteiger partial charge in [-0.15, -0.1) is 0 Å². The van der Waals surface area contributed by atoms with E-state index in [1.807, 2.05) is 42.5 Å². The quantitative estimate of drug-likeness (QED) is 0.601. The molecule has 2 aromatic rings. The lowest BCUT2D eigenvalue weighted by atomic mass is 9.93. The summed E-state index contributed by atoms with van der Waals surface area (Å²) in [4.78, 5) is 12.8. The van der Waals surface area contributed by atoms with Gasteiger partial charge in [0.25, 0.3) is 0 Å². The molecule has 2 unspecified atom stereocenters. The summed E-state index contributed by atoms with van der Waals surface area (Å²) in [5.41, 5.74) is 8.28. The third-order valence-corrected chi connectivity index (χ3v) is 4.95. The summed E-state index contributed by atoms with van der Waals surface area (Å²) in [7, 11) is 3.20. The minimum absolute atomic E-state index is 0.00593. The third kappa shape index (κ3) is 5.19. The molecule has 2 atom stereocenters. The molecule has 29 heavy (non-hydrogen) atoms. The normalized spacial score (nSPS) is 18.3. The van der Waals surface area contributed by atoms with Gasteiger partial charge in [0.05, 0.1) is 32.8 Å². The lowest BCUT2D eigenvalue weighted by molar-refractivity contribution is -0.125. The molecule has 0 aliphatic carbocycles. The second-order valence-electron chi connectivity index (χ2n) is 6.93. The summed E-state index contributed by atoms with van der Waals surface area (Å²) >= 11 is 0. The first-order chi connectivity index (χ1) is 14.2. The Bertz CT molecular complexity index is 810. The monoisotopic (exact) mass is 399 g/mol. The van der Waals surface area contributed by atoms with Crippen LogP contribution in [0.2, 0.25) is 0 Å². The maximum atomic E-state index is 12.8. The fourth-order valence-electron chi connectivity index (χ4n) is 3.35. The molecule has 156 valence electrons. The Morgan fingerprint density at radius 1 is 1.10 bits per heavy atom. The molecule has 1 fully saturated rings. The molecule has 0 aromatic heterocycles. The second-order valence-corrected chi connectivity index (χ2v) is 6.93. The zero-order valence-electron chi connectivity index (χ0n) is 17.2. The number of carbonyl (C=O) groups excluding carboxylic acids is 1. The number of carbonyl (C=O) groups is 1. The highest BCUT2D eigenvalue weighted by Gasteiger charge is 2.34. The van der Waals surface area contributed by atoms with Gasteiger partial charge in [0.15, 0.2) is 11.5 Å². The molecular formula is C22H29N3O4. The first-order valence-electron chi connectivity index (χ1n) is 9.86. The van der Waals surface area contributed by atoms with Gasteiger partial charge < -0.3 is 19.5 Å². The molecule has 1 heterocycles. The lowest BCUT2D eigenvalue weighted by Crippen LogP contribution is -2.34. The van der Waals surface area contributed by atoms with Gasteiger partial charge in [0.1, 0.15) is 5.75 Å². The zero-order chi connectivity index (χ0) is 20.6. The van der Waals surface area contributed by atoms with Crippen molar-refractivity contribution in [2.24, 2.45) is 5.92 Å². The molecule has 0 saturated carbocycles. The van der Waals surface area contributed by atoms with E-state index in [1.165, 1.54) is 0 Å². The molecule has 3 rings (SSSR count). The molecule has 0 bridgehead atoms. The van der Waals surface area contributed by atoms with Crippen LogP contribution in [0.25, 0.3) is 0 Å². The van der Waals surface area contributed by atoms with Crippen molar-refractivity contribution in [2.45, 2.75) is 25.9 Å². The highest BCUT2D eigenvalue weighted by Crippen LogP contribution is 2.33. The number of rotatable bonds is 9. The highest BCUT2D eigenvalue weighted by molar-refractivity contribution is 5.80. The minimum atomic E-state index is -0.236. The molecule has 0 radical (unpaired) electrons. The van der Waals surface area contributed by atoms with Gasteiger partial charge in [-0.1, -0.05) is 25.1 Å². The second kappa shape index (κ2) is 10.1. The van der Waals surface area contributed by atoms with Crippen LogP contribution in [0.4, 0.5) is 0 Å². The lowest BCUT2D eigenvalue weighted by Gasteiger charge is -2.20. The Morgan fingerprint density at radius 2 is 1.86 bits per heavy atom. The molecule has 0 spiro atoms. The number of hydrogen-bond donors (Lipinski definition) is 3. The average molecular weight is 399 g/mol. The number of hydrazine groups is 1. The number of methoxy groups -OCH3 is 2. The van der Waals surface area contributed by atoms with E-state index in [-0.39, 0.29) is 17.9 Å². The smallest absolute Gasteiger partial charge is 0.226 e. The molecule has 2 aromatic carbocycles. The van der Waals surface area contributed by atoms with Crippen LogP contribution in [0.5, 0.6) is 17.2 Å². The SMILES string of the molecule is CCCOc1ccc(CNC(=O)C2CNNC2c2ccc(OC)c(OC)c2)cc1. The predicted octanol–water partition coefficient (Wildman–Crippen LogP) is 2.57. The van der Waals surface area contributed by atoms with Crippen LogP contribution >= 0.6 is 0 Å². The van der Waals surface area contributed by atoms with Gasteiger partial charge >= 0.3 is 0 Å². The molecule has 7 nitrogen and oxygen atoms in total. The Hall–Kier alpha value is -2.77. The van der Waals surface area contributed by atoms with Crippen LogP contribution < -0.4 is 30.4 Å². The van der Waals surface area contributed by atoms with Gasteiger partial charge in [-0.25, -0.2) is 5.43 Å². The first-order valence-corrected chi connectivity index (χ1v) is 9.86. The van der Waals surface area contributed by atoms with Crippen LogP contribution in [0.1, 0.15) is 30.5 Å². The summed E-state index contributed by atoms with van der Waals surface area (Å²) in [5, 5.41) is 3.04. The zero-order valence-corrected chi connectivity index (χ0v) is 17.2. The number of amides is 1. The van der Waals surface area contributed by atoms with E-state index < -0.39 is 0 Å². The van der Waals surface area contributed by atoms with Crippen molar-refractivity contribution < 1.29 is 19.0 Å². The topological polar surface area (TPSA) is 80.9 Å². The van der Waals surface area contributed by atoms with Gasteiger partial charge in [-0.3, -0.25) is 10.2 Å². The van der Waals surface area contributed by atoms with Gasteiger partial charge in [-0.05, 0) is 41.8 Å². The minimum Gasteiger partial charge on any atom is -0.494 e. The molecule has 3 N–H and O–H groups in total. The Kier molecular flexibility index (Phi) is 7.32. The van der Waals surface area contributed by atoms with E-state index >= 15 is 0 Å². The van der Waals surface area contributed by atoms with Crippen LogP contribution in [-0.4, -0.2) is 33.3 Å². The summed E-state index contributed by atoms with van der Waals surface area (Å²) < 4.78 is 16.3. The molecule has 1 saturated heterocycles. The predicted molar refractivity (Wildman–Crippen MR) is 111 cm³/mol. The number of hydrogen-bond acceptors (Lipinski definition) is 6. The summed E-state index contributed by atoms with van der Waals surface area (Å²) in [6.07, 6.45) is 0.975.